The molecule has 0 bridgehead atoms. The molecule has 0 radical (unpaired) electrons. The molecule has 13 heteroatoms. The lowest BCUT2D eigenvalue weighted by Crippen LogP contribution is -2.55. The van der Waals surface area contributed by atoms with Crippen molar-refractivity contribution in [3.8, 4) is 0 Å². The van der Waals surface area contributed by atoms with Crippen LogP contribution in [0.15, 0.2) is 29.2 Å². The Kier molecular flexibility index (Phi) is 10.5. The number of hydrogen-bond acceptors (Lipinski definition) is 9. The van der Waals surface area contributed by atoms with Crippen LogP contribution in [0.4, 0.5) is 4.79 Å². The van der Waals surface area contributed by atoms with Gasteiger partial charge in [0.1, 0.15) is 12.1 Å². The molecule has 1 aliphatic carbocycles. The van der Waals surface area contributed by atoms with E-state index in [-0.39, 0.29) is 41.8 Å². The molecule has 1 amide bonds. The van der Waals surface area contributed by atoms with Crippen LogP contribution in [-0.2, 0) is 33.8 Å². The third-order valence-corrected chi connectivity index (χ3v) is 10.2. The molecule has 2 aliphatic heterocycles. The van der Waals surface area contributed by atoms with Gasteiger partial charge >= 0.3 is 18.0 Å². The van der Waals surface area contributed by atoms with Gasteiger partial charge in [-0.2, -0.15) is 0 Å². The lowest BCUT2D eigenvalue weighted by Gasteiger charge is -2.46. The van der Waals surface area contributed by atoms with E-state index in [1.807, 2.05) is 4.90 Å². The number of sulfonamides is 1. The van der Waals surface area contributed by atoms with Gasteiger partial charge in [0, 0.05) is 30.7 Å². The van der Waals surface area contributed by atoms with Crippen molar-refractivity contribution in [2.75, 3.05) is 40.0 Å². The second kappa shape index (κ2) is 13.7. The molecule has 6 unspecified atom stereocenters. The summed E-state index contributed by atoms with van der Waals surface area (Å²) in [6, 6.07) is 4.35. The Morgan fingerprint density at radius 1 is 0.976 bits per heavy atom. The number of hydrogen-bond donors (Lipinski definition) is 1. The van der Waals surface area contributed by atoms with Gasteiger partial charge in [0.15, 0.2) is 0 Å². The number of methoxy groups -OCH3 is 1. The lowest BCUT2D eigenvalue weighted by molar-refractivity contribution is -0.153. The minimum Gasteiger partial charge on any atom is -0.465 e. The van der Waals surface area contributed by atoms with Gasteiger partial charge in [0.2, 0.25) is 10.0 Å². The van der Waals surface area contributed by atoms with Gasteiger partial charge in [-0.15, -0.1) is 0 Å². The van der Waals surface area contributed by atoms with Gasteiger partial charge in [-0.3, -0.25) is 14.6 Å². The summed E-state index contributed by atoms with van der Waals surface area (Å²) in [6.07, 6.45) is 2.88. The fourth-order valence-electron chi connectivity index (χ4n) is 6.62. The molecule has 1 saturated carbocycles. The first-order valence-corrected chi connectivity index (χ1v) is 16.1. The number of likely N-dealkylation sites (tertiary alicyclic amines) is 2. The topological polar surface area (TPSA) is 132 Å². The summed E-state index contributed by atoms with van der Waals surface area (Å²) in [6.45, 7) is 5.37. The van der Waals surface area contributed by atoms with Crippen molar-refractivity contribution < 1.29 is 37.0 Å². The summed E-state index contributed by atoms with van der Waals surface area (Å²) >= 11 is 6.01. The van der Waals surface area contributed by atoms with Gasteiger partial charge in [0.05, 0.1) is 25.2 Å². The van der Waals surface area contributed by atoms with Crippen LogP contribution in [-0.4, -0.2) is 94.3 Å². The maximum absolute atomic E-state index is 13.0. The number of nitrogens with one attached hydrogen (secondary N) is 1. The Balaban J connectivity index is 1.44. The number of piperidine rings is 1. The maximum atomic E-state index is 13.0. The second-order valence-electron chi connectivity index (χ2n) is 11.1. The number of fused-ring (bicyclic) bond motifs is 1. The van der Waals surface area contributed by atoms with E-state index in [9.17, 15) is 22.8 Å². The summed E-state index contributed by atoms with van der Waals surface area (Å²) < 4.78 is 44.4. The Bertz CT molecular complexity index is 1210. The minimum absolute atomic E-state index is 0.0731. The number of halogens is 1. The standard InChI is InChI=1S/C28H40ClN3O8S/c1-4-39-26(33)24-14-22(30-41(36,37)23-8-6-7-21(29)13-23)17-31(24)15-18-9-10-19-16-32(28(35)38-3)25(12-20(19)11-18)27(34)40-5-2/h6-8,13,18-20,22,24-25,30H,4-5,9-12,14-17H2,1-3H3. The van der Waals surface area contributed by atoms with E-state index in [1.54, 1.807) is 26.0 Å². The van der Waals surface area contributed by atoms with E-state index in [4.69, 9.17) is 25.8 Å². The lowest BCUT2D eigenvalue weighted by atomic mass is 9.69. The molecule has 0 aromatic heterocycles. The molecule has 6 atom stereocenters. The maximum Gasteiger partial charge on any atom is 0.410 e. The molecule has 3 aliphatic rings. The zero-order valence-electron chi connectivity index (χ0n) is 23.8. The quantitative estimate of drug-likeness (QED) is 0.330. The first-order valence-electron chi connectivity index (χ1n) is 14.3. The second-order valence-corrected chi connectivity index (χ2v) is 13.2. The Morgan fingerprint density at radius 2 is 1.68 bits per heavy atom. The molecular formula is C28H40ClN3O8S. The molecule has 1 aromatic rings. The predicted molar refractivity (Wildman–Crippen MR) is 151 cm³/mol. The molecular weight excluding hydrogens is 574 g/mol. The van der Waals surface area contributed by atoms with E-state index >= 15 is 0 Å². The van der Waals surface area contributed by atoms with Crippen molar-refractivity contribution in [3.63, 3.8) is 0 Å². The molecule has 3 fully saturated rings. The Labute approximate surface area is 246 Å². The highest BCUT2D eigenvalue weighted by molar-refractivity contribution is 7.89. The molecule has 4 rings (SSSR count). The minimum atomic E-state index is -3.83. The average Bonchev–Trinajstić information content (AvgIpc) is 3.33. The van der Waals surface area contributed by atoms with Crippen LogP contribution in [0.2, 0.25) is 5.02 Å². The summed E-state index contributed by atoms with van der Waals surface area (Å²) in [5, 5.41) is 0.323. The van der Waals surface area contributed by atoms with Gasteiger partial charge in [0.25, 0.3) is 0 Å². The van der Waals surface area contributed by atoms with Crippen LogP contribution in [0.1, 0.15) is 46.0 Å². The molecule has 1 N–H and O–H groups in total. The van der Waals surface area contributed by atoms with Gasteiger partial charge in [-0.25, -0.2) is 22.7 Å². The number of carbonyl (C=O) groups excluding carboxylic acids is 3. The van der Waals surface area contributed by atoms with Gasteiger partial charge in [-0.1, -0.05) is 17.7 Å². The highest BCUT2D eigenvalue weighted by atomic mass is 35.5. The molecule has 2 heterocycles. The predicted octanol–water partition coefficient (Wildman–Crippen LogP) is 3.06. The molecule has 2 saturated heterocycles. The molecule has 1 aromatic carbocycles. The Morgan fingerprint density at radius 3 is 2.34 bits per heavy atom. The number of ether oxygens (including phenoxy) is 3. The van der Waals surface area contributed by atoms with E-state index < -0.39 is 40.2 Å². The molecule has 0 spiro atoms. The Hall–Kier alpha value is -2.41. The van der Waals surface area contributed by atoms with E-state index in [1.165, 1.54) is 24.1 Å². The van der Waals surface area contributed by atoms with Crippen LogP contribution < -0.4 is 4.72 Å². The zero-order valence-corrected chi connectivity index (χ0v) is 25.4. The number of esters is 2. The van der Waals surface area contributed by atoms with Crippen LogP contribution in [0.5, 0.6) is 0 Å². The molecule has 11 nitrogen and oxygen atoms in total. The first kappa shape index (κ1) is 31.5. The van der Waals surface area contributed by atoms with Crippen LogP contribution in [0.25, 0.3) is 0 Å². The van der Waals surface area contributed by atoms with Crippen molar-refractivity contribution >= 4 is 39.7 Å². The van der Waals surface area contributed by atoms with Crippen LogP contribution in [0.3, 0.4) is 0 Å². The first-order chi connectivity index (χ1) is 19.6. The normalized spacial score (nSPS) is 28.5. The van der Waals surface area contributed by atoms with Crippen molar-refractivity contribution in [2.45, 2.75) is 69.0 Å². The largest absolute Gasteiger partial charge is 0.465 e. The fourth-order valence-corrected chi connectivity index (χ4v) is 8.16. The number of carbonyl (C=O) groups is 3. The SMILES string of the molecule is CCOC(=O)C1CC(NS(=O)(=O)c2cccc(Cl)c2)CN1CC1CCC2CN(C(=O)OC)C(C(=O)OCC)CC2C1. The number of amides is 1. The smallest absolute Gasteiger partial charge is 0.410 e. The zero-order chi connectivity index (χ0) is 29.7. The van der Waals surface area contributed by atoms with E-state index in [0.717, 1.165) is 19.3 Å². The highest BCUT2D eigenvalue weighted by Gasteiger charge is 2.46. The van der Waals surface area contributed by atoms with Gasteiger partial charge < -0.3 is 14.2 Å². The van der Waals surface area contributed by atoms with Crippen molar-refractivity contribution in [2.24, 2.45) is 17.8 Å². The summed E-state index contributed by atoms with van der Waals surface area (Å²) in [4.78, 5) is 41.6. The third-order valence-electron chi connectivity index (χ3n) is 8.43. The molecule has 228 valence electrons. The summed E-state index contributed by atoms with van der Waals surface area (Å²) in [7, 11) is -2.52. The van der Waals surface area contributed by atoms with Crippen molar-refractivity contribution in [3.05, 3.63) is 29.3 Å². The van der Waals surface area contributed by atoms with E-state index in [0.29, 0.717) is 37.5 Å². The fraction of sp³-hybridized carbons (Fsp3) is 0.679. The van der Waals surface area contributed by atoms with Crippen molar-refractivity contribution in [1.82, 2.24) is 14.5 Å². The van der Waals surface area contributed by atoms with Gasteiger partial charge in [-0.05, 0) is 81.9 Å². The number of nitrogens with zero attached hydrogens (tertiary/aromatic N) is 2. The monoisotopic (exact) mass is 613 g/mol. The summed E-state index contributed by atoms with van der Waals surface area (Å²) in [5.74, 6) is -0.0869. The molecule has 41 heavy (non-hydrogen) atoms. The van der Waals surface area contributed by atoms with Crippen LogP contribution in [0, 0.1) is 17.8 Å². The number of rotatable bonds is 9. The third kappa shape index (κ3) is 7.52. The average molecular weight is 614 g/mol. The number of benzene rings is 1. The van der Waals surface area contributed by atoms with Crippen molar-refractivity contribution in [1.29, 1.82) is 0 Å². The van der Waals surface area contributed by atoms with E-state index in [2.05, 4.69) is 4.72 Å². The highest BCUT2D eigenvalue weighted by Crippen LogP contribution is 2.42. The summed E-state index contributed by atoms with van der Waals surface area (Å²) in [5.41, 5.74) is 0. The van der Waals surface area contributed by atoms with Crippen LogP contribution >= 0.6 is 11.6 Å².